The maximum atomic E-state index is 12.9. The summed E-state index contributed by atoms with van der Waals surface area (Å²) in [4.78, 5) is 36.7. The fourth-order valence-electron chi connectivity index (χ4n) is 2.89. The van der Waals surface area contributed by atoms with Crippen molar-refractivity contribution in [2.75, 3.05) is 0 Å². The summed E-state index contributed by atoms with van der Waals surface area (Å²) in [5, 5.41) is 22.6. The van der Waals surface area contributed by atoms with E-state index >= 15 is 0 Å². The lowest BCUT2D eigenvalue weighted by Gasteiger charge is -2.22. The van der Waals surface area contributed by atoms with Gasteiger partial charge in [0.2, 0.25) is 0 Å². The lowest BCUT2D eigenvalue weighted by Crippen LogP contribution is -2.40. The minimum atomic E-state index is -1.39. The lowest BCUT2D eigenvalue weighted by atomic mass is 9.91. The Kier molecular flexibility index (Phi) is 4.14. The van der Waals surface area contributed by atoms with E-state index < -0.39 is 22.4 Å². The van der Waals surface area contributed by atoms with E-state index in [2.05, 4.69) is 5.32 Å². The highest BCUT2D eigenvalue weighted by atomic mass is 16.6. The van der Waals surface area contributed by atoms with E-state index in [9.17, 15) is 19.7 Å². The number of nitrogens with zero attached hydrogens (tertiary/aromatic N) is 3. The molecule has 0 radical (unpaired) electrons. The molecule has 1 aliphatic rings. The van der Waals surface area contributed by atoms with Crippen molar-refractivity contribution >= 4 is 17.6 Å². The van der Waals surface area contributed by atoms with Gasteiger partial charge in [0.15, 0.2) is 0 Å². The number of amides is 3. The highest BCUT2D eigenvalue weighted by molar-refractivity contribution is 6.07. The lowest BCUT2D eigenvalue weighted by molar-refractivity contribution is -0.385. The minimum Gasteiger partial charge on any atom is -0.319 e. The summed E-state index contributed by atoms with van der Waals surface area (Å²) < 4.78 is 0. The van der Waals surface area contributed by atoms with E-state index in [0.29, 0.717) is 16.7 Å². The fraction of sp³-hybridized carbons (Fsp3) is 0.167. The van der Waals surface area contributed by atoms with Gasteiger partial charge >= 0.3 is 6.03 Å². The molecule has 1 unspecified atom stereocenters. The number of carbonyl (C=O) groups excluding carboxylic acids is 2. The molecule has 1 heterocycles. The van der Waals surface area contributed by atoms with Crippen LogP contribution in [0, 0.1) is 21.4 Å². The Hall–Kier alpha value is -3.73. The number of carbonyl (C=O) groups is 2. The van der Waals surface area contributed by atoms with Crippen molar-refractivity contribution in [2.24, 2.45) is 0 Å². The second kappa shape index (κ2) is 6.29. The molecular weight excluding hydrogens is 336 g/mol. The highest BCUT2D eigenvalue weighted by Crippen LogP contribution is 2.31. The van der Waals surface area contributed by atoms with Gasteiger partial charge in [-0.3, -0.25) is 19.8 Å². The first-order valence-electron chi connectivity index (χ1n) is 7.73. The SMILES string of the molecule is CC1(c2cccc([N+](=O)[O-])c2)NC(=O)N(Cc2cccc(C#N)c2)C1=O. The molecule has 0 spiro atoms. The third-order valence-electron chi connectivity index (χ3n) is 4.31. The summed E-state index contributed by atoms with van der Waals surface area (Å²) in [6, 6.07) is 13.7. The maximum Gasteiger partial charge on any atom is 0.325 e. The average Bonchev–Trinajstić information content (AvgIpc) is 2.86. The third-order valence-corrected chi connectivity index (χ3v) is 4.31. The number of hydrogen-bond donors (Lipinski definition) is 1. The summed E-state index contributed by atoms with van der Waals surface area (Å²) in [6.07, 6.45) is 0. The topological polar surface area (TPSA) is 116 Å². The van der Waals surface area contributed by atoms with Crippen LogP contribution in [0.4, 0.5) is 10.5 Å². The predicted molar refractivity (Wildman–Crippen MR) is 90.7 cm³/mol. The summed E-state index contributed by atoms with van der Waals surface area (Å²) >= 11 is 0. The molecule has 1 aliphatic heterocycles. The number of nitriles is 1. The summed E-state index contributed by atoms with van der Waals surface area (Å²) in [5.74, 6) is -0.509. The van der Waals surface area contributed by atoms with Crippen molar-refractivity contribution in [3.63, 3.8) is 0 Å². The normalized spacial score (nSPS) is 19.2. The van der Waals surface area contributed by atoms with Gasteiger partial charge < -0.3 is 5.32 Å². The maximum absolute atomic E-state index is 12.9. The Balaban J connectivity index is 1.91. The van der Waals surface area contributed by atoms with Gasteiger partial charge in [-0.1, -0.05) is 24.3 Å². The van der Waals surface area contributed by atoms with Crippen LogP contribution in [-0.4, -0.2) is 21.8 Å². The Bertz CT molecular complexity index is 966. The zero-order chi connectivity index (χ0) is 18.9. The van der Waals surface area contributed by atoms with Gasteiger partial charge in [-0.05, 0) is 30.2 Å². The molecule has 2 aromatic carbocycles. The van der Waals surface area contributed by atoms with Crippen molar-refractivity contribution in [3.8, 4) is 6.07 Å². The van der Waals surface area contributed by atoms with Crippen LogP contribution >= 0.6 is 0 Å². The van der Waals surface area contributed by atoms with Crippen LogP contribution < -0.4 is 5.32 Å². The number of urea groups is 1. The Labute approximate surface area is 148 Å². The molecule has 3 amide bonds. The molecule has 8 nitrogen and oxygen atoms in total. The largest absolute Gasteiger partial charge is 0.325 e. The number of nitro benzene ring substituents is 1. The number of nitro groups is 1. The van der Waals surface area contributed by atoms with E-state index in [4.69, 9.17) is 5.26 Å². The van der Waals surface area contributed by atoms with Crippen LogP contribution in [0.2, 0.25) is 0 Å². The molecule has 1 N–H and O–H groups in total. The van der Waals surface area contributed by atoms with Crippen LogP contribution in [0.25, 0.3) is 0 Å². The number of nitrogens with one attached hydrogen (secondary N) is 1. The molecule has 0 aromatic heterocycles. The number of imide groups is 1. The molecule has 1 saturated heterocycles. The van der Waals surface area contributed by atoms with Gasteiger partial charge in [0.05, 0.1) is 23.1 Å². The second-order valence-corrected chi connectivity index (χ2v) is 6.07. The summed E-state index contributed by atoms with van der Waals surface area (Å²) in [7, 11) is 0. The predicted octanol–water partition coefficient (Wildman–Crippen LogP) is 2.43. The Morgan fingerprint density at radius 2 is 1.96 bits per heavy atom. The highest BCUT2D eigenvalue weighted by Gasteiger charge is 2.49. The molecular formula is C18H14N4O4. The van der Waals surface area contributed by atoms with Crippen LogP contribution in [0.15, 0.2) is 48.5 Å². The summed E-state index contributed by atoms with van der Waals surface area (Å²) in [5.41, 5.74) is -0.160. The first-order chi connectivity index (χ1) is 12.3. The van der Waals surface area contributed by atoms with Crippen molar-refractivity contribution in [3.05, 3.63) is 75.3 Å². The number of non-ortho nitro benzene ring substituents is 1. The number of rotatable bonds is 4. The number of benzene rings is 2. The molecule has 26 heavy (non-hydrogen) atoms. The summed E-state index contributed by atoms with van der Waals surface area (Å²) in [6.45, 7) is 1.52. The molecule has 2 aromatic rings. The van der Waals surface area contributed by atoms with E-state index in [-0.39, 0.29) is 12.2 Å². The minimum absolute atomic E-state index is 0.00467. The molecule has 0 bridgehead atoms. The van der Waals surface area contributed by atoms with E-state index in [1.54, 1.807) is 30.3 Å². The average molecular weight is 350 g/mol. The van der Waals surface area contributed by atoms with E-state index in [0.717, 1.165) is 4.90 Å². The zero-order valence-electron chi connectivity index (χ0n) is 13.8. The van der Waals surface area contributed by atoms with Gasteiger partial charge in [0.1, 0.15) is 5.54 Å². The molecule has 1 fully saturated rings. The van der Waals surface area contributed by atoms with Crippen LogP contribution in [0.1, 0.15) is 23.6 Å². The quantitative estimate of drug-likeness (QED) is 0.516. The smallest absolute Gasteiger partial charge is 0.319 e. The van der Waals surface area contributed by atoms with Crippen molar-refractivity contribution in [2.45, 2.75) is 19.0 Å². The standard InChI is InChI=1S/C18H14N4O4/c1-18(14-6-3-7-15(9-14)22(25)26)16(23)21(17(24)20-18)11-13-5-2-4-12(8-13)10-19/h2-9H,11H2,1H3,(H,20,24). The van der Waals surface area contributed by atoms with Gasteiger partial charge in [0.25, 0.3) is 11.6 Å². The Morgan fingerprint density at radius 3 is 2.65 bits per heavy atom. The molecule has 0 saturated carbocycles. The van der Waals surface area contributed by atoms with Crippen LogP contribution in [-0.2, 0) is 16.9 Å². The first kappa shape index (κ1) is 17.1. The number of hydrogen-bond acceptors (Lipinski definition) is 5. The van der Waals surface area contributed by atoms with Crippen molar-refractivity contribution < 1.29 is 14.5 Å². The van der Waals surface area contributed by atoms with Crippen molar-refractivity contribution in [1.82, 2.24) is 10.2 Å². The molecule has 3 rings (SSSR count). The molecule has 130 valence electrons. The Morgan fingerprint density at radius 1 is 1.23 bits per heavy atom. The van der Waals surface area contributed by atoms with Gasteiger partial charge in [-0.15, -0.1) is 0 Å². The van der Waals surface area contributed by atoms with Crippen molar-refractivity contribution in [1.29, 1.82) is 5.26 Å². The first-order valence-corrected chi connectivity index (χ1v) is 7.73. The van der Waals surface area contributed by atoms with Gasteiger partial charge in [-0.25, -0.2) is 4.79 Å². The second-order valence-electron chi connectivity index (χ2n) is 6.07. The van der Waals surface area contributed by atoms with E-state index in [1.165, 1.54) is 25.1 Å². The monoisotopic (exact) mass is 350 g/mol. The van der Waals surface area contributed by atoms with E-state index in [1.807, 2.05) is 6.07 Å². The zero-order valence-corrected chi connectivity index (χ0v) is 13.8. The fourth-order valence-corrected chi connectivity index (χ4v) is 2.89. The van der Waals surface area contributed by atoms with Gasteiger partial charge in [-0.2, -0.15) is 5.26 Å². The molecule has 1 atom stereocenters. The molecule has 0 aliphatic carbocycles. The molecule has 8 heteroatoms. The van der Waals surface area contributed by atoms with Gasteiger partial charge in [0, 0.05) is 12.1 Å². The third kappa shape index (κ3) is 2.86. The van der Waals surface area contributed by atoms with Crippen LogP contribution in [0.3, 0.4) is 0 Å². The van der Waals surface area contributed by atoms with Crippen LogP contribution in [0.5, 0.6) is 0 Å².